The Morgan fingerprint density at radius 1 is 0.882 bits per heavy atom. The third-order valence-corrected chi connectivity index (χ3v) is 6.15. The molecule has 34 heavy (non-hydrogen) atoms. The number of hydrogen-bond acceptors (Lipinski definition) is 3. The number of nitrogens with zero attached hydrogens (tertiary/aromatic N) is 1. The van der Waals surface area contributed by atoms with E-state index in [1.807, 2.05) is 48.5 Å². The summed E-state index contributed by atoms with van der Waals surface area (Å²) >= 11 is 0. The highest BCUT2D eigenvalue weighted by Crippen LogP contribution is 2.32. The van der Waals surface area contributed by atoms with Gasteiger partial charge in [-0.25, -0.2) is 4.79 Å². The molecule has 1 amide bonds. The van der Waals surface area contributed by atoms with Crippen LogP contribution in [0.1, 0.15) is 47.6 Å². The van der Waals surface area contributed by atoms with Crippen molar-refractivity contribution in [2.45, 2.75) is 31.7 Å². The minimum absolute atomic E-state index is 0.0591. The lowest BCUT2D eigenvalue weighted by Gasteiger charge is -2.33. The van der Waals surface area contributed by atoms with Crippen LogP contribution in [0.3, 0.4) is 0 Å². The largest absolute Gasteiger partial charge is 0.478 e. The van der Waals surface area contributed by atoms with Gasteiger partial charge in [0, 0.05) is 30.4 Å². The van der Waals surface area contributed by atoms with Gasteiger partial charge in [-0.1, -0.05) is 72.8 Å². The third-order valence-electron chi connectivity index (χ3n) is 6.15. The lowest BCUT2D eigenvalue weighted by Crippen LogP contribution is -2.34. The number of aliphatic carboxylic acids is 1. The van der Waals surface area contributed by atoms with Crippen LogP contribution in [-0.4, -0.2) is 30.1 Å². The molecule has 0 bridgehead atoms. The van der Waals surface area contributed by atoms with Gasteiger partial charge in [0.05, 0.1) is 12.5 Å². The summed E-state index contributed by atoms with van der Waals surface area (Å²) in [4.78, 5) is 26.3. The number of amides is 1. The van der Waals surface area contributed by atoms with Crippen molar-refractivity contribution in [1.82, 2.24) is 5.32 Å². The predicted molar refractivity (Wildman–Crippen MR) is 136 cm³/mol. The van der Waals surface area contributed by atoms with Crippen LogP contribution in [0.2, 0.25) is 0 Å². The maximum absolute atomic E-state index is 13.1. The van der Waals surface area contributed by atoms with Gasteiger partial charge in [0.1, 0.15) is 0 Å². The first kappa shape index (κ1) is 23.3. The summed E-state index contributed by atoms with van der Waals surface area (Å²) in [6, 6.07) is 25.6. The molecular formula is C29H30N2O3. The first-order valence-electron chi connectivity index (χ1n) is 11.8. The van der Waals surface area contributed by atoms with Crippen molar-refractivity contribution in [2.75, 3.05) is 18.0 Å². The second-order valence-corrected chi connectivity index (χ2v) is 8.61. The van der Waals surface area contributed by atoms with Gasteiger partial charge in [0.2, 0.25) is 5.91 Å². The lowest BCUT2D eigenvalue weighted by molar-refractivity contribution is -0.131. The van der Waals surface area contributed by atoms with Crippen LogP contribution in [0, 0.1) is 0 Å². The Balaban J connectivity index is 1.55. The van der Waals surface area contributed by atoms with E-state index < -0.39 is 5.97 Å². The Morgan fingerprint density at radius 3 is 2.26 bits per heavy atom. The zero-order valence-corrected chi connectivity index (χ0v) is 19.2. The molecular weight excluding hydrogens is 424 g/mol. The van der Waals surface area contributed by atoms with Crippen LogP contribution in [0.25, 0.3) is 6.08 Å². The van der Waals surface area contributed by atoms with Crippen LogP contribution in [-0.2, 0) is 16.0 Å². The molecule has 2 N–H and O–H groups in total. The Bertz CT molecular complexity index is 1130. The van der Waals surface area contributed by atoms with Gasteiger partial charge in [-0.2, -0.15) is 0 Å². The van der Waals surface area contributed by atoms with Crippen molar-refractivity contribution >= 4 is 23.6 Å². The molecule has 0 aliphatic carbocycles. The van der Waals surface area contributed by atoms with Gasteiger partial charge in [0.15, 0.2) is 0 Å². The number of nitrogens with one attached hydrogen (secondary N) is 1. The molecule has 1 fully saturated rings. The predicted octanol–water partition coefficient (Wildman–Crippen LogP) is 5.22. The smallest absolute Gasteiger partial charge is 0.328 e. The van der Waals surface area contributed by atoms with Crippen molar-refractivity contribution in [3.05, 3.63) is 107 Å². The van der Waals surface area contributed by atoms with Gasteiger partial charge in [-0.15, -0.1) is 0 Å². The molecule has 3 aromatic carbocycles. The van der Waals surface area contributed by atoms with Crippen molar-refractivity contribution in [1.29, 1.82) is 0 Å². The van der Waals surface area contributed by atoms with E-state index in [0.29, 0.717) is 0 Å². The summed E-state index contributed by atoms with van der Waals surface area (Å²) in [5.74, 6) is -1.05. The zero-order chi connectivity index (χ0) is 23.8. The maximum Gasteiger partial charge on any atom is 0.328 e. The SMILES string of the molecule is O=C(O)/C=C/c1ccc(CC(=O)NC(c2ccccc2)c2ccccc2N2CCCCC2)cc1. The average Bonchev–Trinajstić information content (AvgIpc) is 2.88. The molecule has 5 heteroatoms. The Morgan fingerprint density at radius 2 is 1.56 bits per heavy atom. The average molecular weight is 455 g/mol. The fraction of sp³-hybridized carbons (Fsp3) is 0.241. The van der Waals surface area contributed by atoms with E-state index in [0.717, 1.165) is 41.4 Å². The second kappa shape index (κ2) is 11.3. The van der Waals surface area contributed by atoms with Gasteiger partial charge in [0.25, 0.3) is 0 Å². The molecule has 0 radical (unpaired) electrons. The summed E-state index contributed by atoms with van der Waals surface area (Å²) in [7, 11) is 0. The Labute approximate surface area is 200 Å². The summed E-state index contributed by atoms with van der Waals surface area (Å²) in [5, 5.41) is 12.1. The van der Waals surface area contributed by atoms with Crippen LogP contribution < -0.4 is 10.2 Å². The van der Waals surface area contributed by atoms with E-state index in [1.54, 1.807) is 0 Å². The number of rotatable bonds is 8. The molecule has 4 rings (SSSR count). The zero-order valence-electron chi connectivity index (χ0n) is 19.2. The molecule has 1 unspecified atom stereocenters. The first-order chi connectivity index (χ1) is 16.6. The highest BCUT2D eigenvalue weighted by Gasteiger charge is 2.23. The molecule has 1 aliphatic rings. The summed E-state index contributed by atoms with van der Waals surface area (Å²) in [6.07, 6.45) is 6.53. The normalized spacial score (nSPS) is 14.6. The molecule has 1 aliphatic heterocycles. The van der Waals surface area contributed by atoms with Crippen molar-refractivity contribution in [2.24, 2.45) is 0 Å². The summed E-state index contributed by atoms with van der Waals surface area (Å²) in [5.41, 5.74) is 5.00. The van der Waals surface area contributed by atoms with Gasteiger partial charge < -0.3 is 15.3 Å². The number of anilines is 1. The topological polar surface area (TPSA) is 69.6 Å². The van der Waals surface area contributed by atoms with Crippen LogP contribution in [0.15, 0.2) is 84.9 Å². The number of benzene rings is 3. The number of para-hydroxylation sites is 1. The van der Waals surface area contributed by atoms with Gasteiger partial charge in [-0.05, 0) is 48.1 Å². The van der Waals surface area contributed by atoms with Crippen molar-refractivity contribution in [3.63, 3.8) is 0 Å². The van der Waals surface area contributed by atoms with E-state index in [-0.39, 0.29) is 18.4 Å². The highest BCUT2D eigenvalue weighted by molar-refractivity contribution is 5.85. The van der Waals surface area contributed by atoms with Gasteiger partial charge in [-0.3, -0.25) is 4.79 Å². The maximum atomic E-state index is 13.1. The fourth-order valence-corrected chi connectivity index (χ4v) is 4.45. The third kappa shape index (κ3) is 6.13. The highest BCUT2D eigenvalue weighted by atomic mass is 16.4. The van der Waals surface area contributed by atoms with E-state index >= 15 is 0 Å². The standard InChI is InChI=1S/C29H30N2O3/c32-27(21-23-15-13-22(14-16-23)17-18-28(33)34)30-29(24-9-3-1-4-10-24)25-11-5-6-12-26(25)31-19-7-2-8-20-31/h1,3-6,9-18,29H,2,7-8,19-21H2,(H,30,32)(H,33,34)/b18-17+. The number of carbonyl (C=O) groups is 2. The van der Waals surface area contributed by atoms with Crippen molar-refractivity contribution < 1.29 is 14.7 Å². The number of carboxylic acid groups (broad SMARTS) is 1. The minimum Gasteiger partial charge on any atom is -0.478 e. The van der Waals surface area contributed by atoms with E-state index in [1.165, 1.54) is 31.0 Å². The van der Waals surface area contributed by atoms with Crippen LogP contribution >= 0.6 is 0 Å². The van der Waals surface area contributed by atoms with E-state index in [4.69, 9.17) is 5.11 Å². The number of hydrogen-bond donors (Lipinski definition) is 2. The molecule has 0 aromatic heterocycles. The summed E-state index contributed by atoms with van der Waals surface area (Å²) < 4.78 is 0. The molecule has 1 atom stereocenters. The number of piperidine rings is 1. The second-order valence-electron chi connectivity index (χ2n) is 8.61. The van der Waals surface area contributed by atoms with Crippen molar-refractivity contribution in [3.8, 4) is 0 Å². The molecule has 1 heterocycles. The lowest BCUT2D eigenvalue weighted by atomic mass is 9.95. The minimum atomic E-state index is -0.986. The molecule has 0 saturated carbocycles. The molecule has 1 saturated heterocycles. The number of carboxylic acids is 1. The first-order valence-corrected chi connectivity index (χ1v) is 11.8. The fourth-order valence-electron chi connectivity index (χ4n) is 4.45. The quantitative estimate of drug-likeness (QED) is 0.458. The monoisotopic (exact) mass is 454 g/mol. The van der Waals surface area contributed by atoms with Crippen LogP contribution in [0.4, 0.5) is 5.69 Å². The molecule has 5 nitrogen and oxygen atoms in total. The van der Waals surface area contributed by atoms with Gasteiger partial charge >= 0.3 is 5.97 Å². The molecule has 0 spiro atoms. The van der Waals surface area contributed by atoms with E-state index in [2.05, 4.69) is 40.5 Å². The summed E-state index contributed by atoms with van der Waals surface area (Å²) in [6.45, 7) is 2.07. The Kier molecular flexibility index (Phi) is 7.76. The molecule has 174 valence electrons. The van der Waals surface area contributed by atoms with E-state index in [9.17, 15) is 9.59 Å². The molecule has 3 aromatic rings. The Hall–Kier alpha value is -3.86. The van der Waals surface area contributed by atoms with Crippen LogP contribution in [0.5, 0.6) is 0 Å². The number of carbonyl (C=O) groups excluding carboxylic acids is 1.